The predicted molar refractivity (Wildman–Crippen MR) is 99.2 cm³/mol. The first-order valence-electron chi connectivity index (χ1n) is 8.61. The lowest BCUT2D eigenvalue weighted by Gasteiger charge is -2.51. The van der Waals surface area contributed by atoms with E-state index in [1.165, 1.54) is 0 Å². The number of rotatable bonds is 6. The zero-order valence-electron chi connectivity index (χ0n) is 15.6. The van der Waals surface area contributed by atoms with Gasteiger partial charge in [0.05, 0.1) is 11.4 Å². The second-order valence-electron chi connectivity index (χ2n) is 7.44. The molecule has 0 bridgehead atoms. The van der Waals surface area contributed by atoms with Crippen LogP contribution in [-0.2, 0) is 23.6 Å². The lowest BCUT2D eigenvalue weighted by molar-refractivity contribution is -0.0556. The van der Waals surface area contributed by atoms with Gasteiger partial charge in [-0.2, -0.15) is 5.10 Å². The van der Waals surface area contributed by atoms with Crippen molar-refractivity contribution in [1.29, 1.82) is 0 Å². The Labute approximate surface area is 154 Å². The fourth-order valence-electron chi connectivity index (χ4n) is 3.46. The van der Waals surface area contributed by atoms with Gasteiger partial charge in [0.25, 0.3) is 0 Å². The zero-order chi connectivity index (χ0) is 19.1. The van der Waals surface area contributed by atoms with Crippen molar-refractivity contribution < 1.29 is 13.2 Å². The number of hydrogen-bond donors (Lipinski definition) is 2. The lowest BCUT2D eigenvalue weighted by Crippen LogP contribution is -2.61. The number of ether oxygens (including phenoxy) is 1. The summed E-state index contributed by atoms with van der Waals surface area (Å²) in [5.41, 5.74) is 0.916. The minimum atomic E-state index is -3.81. The van der Waals surface area contributed by atoms with Crippen LogP contribution in [0.3, 0.4) is 0 Å². The van der Waals surface area contributed by atoms with Crippen LogP contribution < -0.4 is 15.2 Å². The molecule has 142 valence electrons. The van der Waals surface area contributed by atoms with Crippen LogP contribution >= 0.6 is 0 Å². The molecule has 0 aliphatic heterocycles. The zero-order valence-corrected chi connectivity index (χ0v) is 16.4. The van der Waals surface area contributed by atoms with Crippen LogP contribution in [0.4, 0.5) is 0 Å². The SMILES string of the molecule is Cc1c(S(N)(=O)=O)c(CN[C@@H]2C[C@H](Oc3ccccc3)C2(C)C)nn1C. The standard InChI is InChI=1S/C18H26N4O3S/c1-12-17(26(19,23)24)14(21-22(12)4)11-20-15-10-16(18(15,2)3)25-13-8-6-5-7-9-13/h5-9,15-16,20H,10-11H2,1-4H3,(H2,19,23,24)/t15-,16+/m1/s1. The minimum absolute atomic E-state index is 0.0819. The molecule has 0 unspecified atom stereocenters. The molecule has 7 nitrogen and oxygen atoms in total. The van der Waals surface area contributed by atoms with Crippen LogP contribution in [0.2, 0.25) is 0 Å². The molecule has 1 fully saturated rings. The molecule has 0 radical (unpaired) electrons. The van der Waals surface area contributed by atoms with Crippen molar-refractivity contribution in [2.45, 2.75) is 50.8 Å². The molecule has 1 aliphatic rings. The highest BCUT2D eigenvalue weighted by Crippen LogP contribution is 2.43. The Morgan fingerprint density at radius 3 is 2.58 bits per heavy atom. The monoisotopic (exact) mass is 378 g/mol. The van der Waals surface area contributed by atoms with Gasteiger partial charge in [0.2, 0.25) is 10.0 Å². The number of sulfonamides is 1. The van der Waals surface area contributed by atoms with E-state index in [0.29, 0.717) is 17.9 Å². The topological polar surface area (TPSA) is 99.2 Å². The van der Waals surface area contributed by atoms with Crippen LogP contribution in [0.15, 0.2) is 35.2 Å². The highest BCUT2D eigenvalue weighted by molar-refractivity contribution is 7.89. The summed E-state index contributed by atoms with van der Waals surface area (Å²) < 4.78 is 31.4. The van der Waals surface area contributed by atoms with Crippen LogP contribution in [0.5, 0.6) is 5.75 Å². The summed E-state index contributed by atoms with van der Waals surface area (Å²) >= 11 is 0. The number of aryl methyl sites for hydroxylation is 1. The van der Waals surface area contributed by atoms with Crippen molar-refractivity contribution in [1.82, 2.24) is 15.1 Å². The summed E-state index contributed by atoms with van der Waals surface area (Å²) in [6.45, 7) is 6.34. The molecule has 1 saturated carbocycles. The third kappa shape index (κ3) is 3.49. The first-order valence-corrected chi connectivity index (χ1v) is 10.2. The maximum absolute atomic E-state index is 11.9. The molecule has 2 atom stereocenters. The lowest BCUT2D eigenvalue weighted by atomic mass is 9.64. The van der Waals surface area contributed by atoms with E-state index in [1.807, 2.05) is 30.3 Å². The summed E-state index contributed by atoms with van der Waals surface area (Å²) in [6.07, 6.45) is 0.948. The largest absolute Gasteiger partial charge is 0.490 e. The van der Waals surface area contributed by atoms with Crippen molar-refractivity contribution in [2.24, 2.45) is 17.6 Å². The Kier molecular flexibility index (Phi) is 4.85. The number of benzene rings is 1. The highest BCUT2D eigenvalue weighted by Gasteiger charge is 2.49. The molecule has 3 rings (SSSR count). The normalized spacial score (nSPS) is 22.0. The molecule has 0 amide bonds. The average molecular weight is 378 g/mol. The van der Waals surface area contributed by atoms with E-state index >= 15 is 0 Å². The minimum Gasteiger partial charge on any atom is -0.490 e. The number of hydrogen-bond acceptors (Lipinski definition) is 5. The van der Waals surface area contributed by atoms with Gasteiger partial charge in [-0.3, -0.25) is 4.68 Å². The molecule has 0 spiro atoms. The van der Waals surface area contributed by atoms with Gasteiger partial charge in [-0.1, -0.05) is 32.0 Å². The number of nitrogens with zero attached hydrogens (tertiary/aromatic N) is 2. The second-order valence-corrected chi connectivity index (χ2v) is 8.94. The van der Waals surface area contributed by atoms with Crippen LogP contribution in [-0.4, -0.2) is 30.3 Å². The Morgan fingerprint density at radius 2 is 2.00 bits per heavy atom. The van der Waals surface area contributed by atoms with Crippen molar-refractivity contribution in [3.05, 3.63) is 41.7 Å². The molecule has 1 aromatic carbocycles. The van der Waals surface area contributed by atoms with Gasteiger partial charge in [0.1, 0.15) is 16.7 Å². The van der Waals surface area contributed by atoms with E-state index < -0.39 is 10.0 Å². The van der Waals surface area contributed by atoms with E-state index in [-0.39, 0.29) is 22.5 Å². The van der Waals surface area contributed by atoms with E-state index in [1.54, 1.807) is 18.7 Å². The molecule has 3 N–H and O–H groups in total. The molecular weight excluding hydrogens is 352 g/mol. The van der Waals surface area contributed by atoms with Crippen molar-refractivity contribution in [3.8, 4) is 5.75 Å². The van der Waals surface area contributed by atoms with Crippen LogP contribution in [0.25, 0.3) is 0 Å². The van der Waals surface area contributed by atoms with Gasteiger partial charge in [-0.25, -0.2) is 13.6 Å². The Balaban J connectivity index is 1.66. The molecule has 1 aliphatic carbocycles. The molecular formula is C18H26N4O3S. The third-order valence-corrected chi connectivity index (χ3v) is 6.45. The summed E-state index contributed by atoms with van der Waals surface area (Å²) in [5, 5.41) is 13.1. The van der Waals surface area contributed by atoms with Gasteiger partial charge >= 0.3 is 0 Å². The summed E-state index contributed by atoms with van der Waals surface area (Å²) in [7, 11) is -2.10. The van der Waals surface area contributed by atoms with Gasteiger partial charge in [0.15, 0.2) is 0 Å². The van der Waals surface area contributed by atoms with Crippen LogP contribution in [0.1, 0.15) is 31.7 Å². The smallest absolute Gasteiger partial charge is 0.241 e. The van der Waals surface area contributed by atoms with E-state index in [9.17, 15) is 8.42 Å². The second kappa shape index (κ2) is 6.68. The highest BCUT2D eigenvalue weighted by atomic mass is 32.2. The summed E-state index contributed by atoms with van der Waals surface area (Å²) in [4.78, 5) is 0.113. The van der Waals surface area contributed by atoms with E-state index in [2.05, 4.69) is 24.3 Å². The van der Waals surface area contributed by atoms with Gasteiger partial charge < -0.3 is 10.1 Å². The number of primary sulfonamides is 1. The van der Waals surface area contributed by atoms with E-state index in [4.69, 9.17) is 9.88 Å². The van der Waals surface area contributed by atoms with Crippen molar-refractivity contribution >= 4 is 10.0 Å². The molecule has 8 heteroatoms. The van der Waals surface area contributed by atoms with Gasteiger partial charge in [-0.15, -0.1) is 0 Å². The first-order chi connectivity index (χ1) is 12.1. The summed E-state index contributed by atoms with van der Waals surface area (Å²) in [6, 6.07) is 9.97. The Bertz CT molecular complexity index is 891. The molecule has 2 aromatic rings. The third-order valence-electron chi connectivity index (χ3n) is 5.35. The van der Waals surface area contributed by atoms with Gasteiger partial charge in [-0.05, 0) is 19.1 Å². The number of para-hydroxylation sites is 1. The van der Waals surface area contributed by atoms with Gasteiger partial charge in [0, 0.05) is 31.5 Å². The maximum Gasteiger partial charge on any atom is 0.241 e. The summed E-state index contributed by atoms with van der Waals surface area (Å²) in [5.74, 6) is 0.862. The first kappa shape index (κ1) is 18.9. The number of aromatic nitrogens is 2. The Hall–Kier alpha value is -1.90. The van der Waals surface area contributed by atoms with Crippen molar-refractivity contribution in [2.75, 3.05) is 0 Å². The van der Waals surface area contributed by atoms with Crippen LogP contribution in [0, 0.1) is 12.3 Å². The fraction of sp³-hybridized carbons (Fsp3) is 0.500. The van der Waals surface area contributed by atoms with Crippen molar-refractivity contribution in [3.63, 3.8) is 0 Å². The average Bonchev–Trinajstić information content (AvgIpc) is 2.85. The molecule has 1 heterocycles. The Morgan fingerprint density at radius 1 is 1.35 bits per heavy atom. The molecule has 0 saturated heterocycles. The molecule has 1 aromatic heterocycles. The number of nitrogens with one attached hydrogen (secondary N) is 1. The maximum atomic E-state index is 11.9. The van der Waals surface area contributed by atoms with E-state index in [0.717, 1.165) is 12.2 Å². The quantitative estimate of drug-likeness (QED) is 0.797. The molecule has 26 heavy (non-hydrogen) atoms. The fourth-order valence-corrected chi connectivity index (χ4v) is 4.44. The number of nitrogens with two attached hydrogens (primary N) is 1. The predicted octanol–water partition coefficient (Wildman–Crippen LogP) is 1.71.